The third-order valence-corrected chi connectivity index (χ3v) is 1.74. The Hall–Kier alpha value is -1.28. The first-order valence-corrected chi connectivity index (χ1v) is 4.11. The molecule has 0 heterocycles. The molecule has 0 saturated heterocycles. The lowest BCUT2D eigenvalue weighted by Crippen LogP contribution is -2.01. The van der Waals surface area contributed by atoms with Gasteiger partial charge in [0.1, 0.15) is 5.75 Å². The fourth-order valence-corrected chi connectivity index (χ4v) is 1.11. The Morgan fingerprint density at radius 1 is 1.62 bits per heavy atom. The molecule has 0 unspecified atom stereocenters. The molecule has 0 bridgehead atoms. The van der Waals surface area contributed by atoms with Crippen molar-refractivity contribution < 1.29 is 9.53 Å². The standard InChI is InChI=1S/C10H9ClO2/c1-3-8-4-5-10(9(11)6-8)13-7(2)12/h3-6H,1H2,2H3. The molecule has 0 fully saturated rings. The van der Waals surface area contributed by atoms with Crippen LogP contribution >= 0.6 is 11.6 Å². The van der Waals surface area contributed by atoms with E-state index in [4.69, 9.17) is 16.3 Å². The molecule has 0 aliphatic heterocycles. The highest BCUT2D eigenvalue weighted by molar-refractivity contribution is 6.32. The van der Waals surface area contributed by atoms with E-state index in [1.807, 2.05) is 0 Å². The second-order valence-electron chi connectivity index (χ2n) is 2.49. The zero-order valence-corrected chi connectivity index (χ0v) is 7.97. The first-order chi connectivity index (χ1) is 6.13. The quantitative estimate of drug-likeness (QED) is 0.537. The van der Waals surface area contributed by atoms with Crippen molar-refractivity contribution in [2.75, 3.05) is 0 Å². The third-order valence-electron chi connectivity index (χ3n) is 1.45. The summed E-state index contributed by atoms with van der Waals surface area (Å²) in [5, 5.41) is 0.410. The molecule has 2 nitrogen and oxygen atoms in total. The van der Waals surface area contributed by atoms with Crippen molar-refractivity contribution in [2.24, 2.45) is 0 Å². The highest BCUT2D eigenvalue weighted by atomic mass is 35.5. The maximum absolute atomic E-state index is 10.6. The fourth-order valence-electron chi connectivity index (χ4n) is 0.882. The van der Waals surface area contributed by atoms with Gasteiger partial charge in [0.2, 0.25) is 0 Å². The van der Waals surface area contributed by atoms with Crippen molar-refractivity contribution in [2.45, 2.75) is 6.92 Å². The highest BCUT2D eigenvalue weighted by Gasteiger charge is 2.03. The zero-order chi connectivity index (χ0) is 9.84. The molecular weight excluding hydrogens is 188 g/mol. The summed E-state index contributed by atoms with van der Waals surface area (Å²) in [6.45, 7) is 4.93. The van der Waals surface area contributed by atoms with Gasteiger partial charge in [0.05, 0.1) is 5.02 Å². The van der Waals surface area contributed by atoms with Crippen molar-refractivity contribution in [3.63, 3.8) is 0 Å². The van der Waals surface area contributed by atoms with Gasteiger partial charge in [0.25, 0.3) is 0 Å². The predicted octanol–water partition coefficient (Wildman–Crippen LogP) is 2.91. The molecule has 0 saturated carbocycles. The summed E-state index contributed by atoms with van der Waals surface area (Å²) in [5.41, 5.74) is 0.890. The Bertz CT molecular complexity index is 345. The Labute approximate surface area is 81.8 Å². The van der Waals surface area contributed by atoms with E-state index in [2.05, 4.69) is 6.58 Å². The van der Waals surface area contributed by atoms with Gasteiger partial charge in [-0.25, -0.2) is 0 Å². The fraction of sp³-hybridized carbons (Fsp3) is 0.100. The Balaban J connectivity index is 2.98. The summed E-state index contributed by atoms with van der Waals surface area (Å²) in [5.74, 6) is -0.00646. The number of hydrogen-bond acceptors (Lipinski definition) is 2. The summed E-state index contributed by atoms with van der Waals surface area (Å²) in [4.78, 5) is 10.6. The maximum Gasteiger partial charge on any atom is 0.308 e. The summed E-state index contributed by atoms with van der Waals surface area (Å²) in [6.07, 6.45) is 1.67. The average Bonchev–Trinajstić information content (AvgIpc) is 2.08. The van der Waals surface area contributed by atoms with E-state index in [0.717, 1.165) is 5.56 Å². The van der Waals surface area contributed by atoms with Crippen molar-refractivity contribution >= 4 is 23.6 Å². The SMILES string of the molecule is C=Cc1ccc(OC(C)=O)c(Cl)c1. The normalized spacial score (nSPS) is 9.38. The Morgan fingerprint density at radius 3 is 2.77 bits per heavy atom. The first-order valence-electron chi connectivity index (χ1n) is 3.74. The Morgan fingerprint density at radius 2 is 2.31 bits per heavy atom. The minimum Gasteiger partial charge on any atom is -0.425 e. The number of halogens is 1. The monoisotopic (exact) mass is 196 g/mol. The lowest BCUT2D eigenvalue weighted by molar-refractivity contribution is -0.131. The summed E-state index contributed by atoms with van der Waals surface area (Å²) in [7, 11) is 0. The molecule has 68 valence electrons. The highest BCUT2D eigenvalue weighted by Crippen LogP contribution is 2.25. The minimum atomic E-state index is -0.381. The molecule has 0 amide bonds. The van der Waals surface area contributed by atoms with Crippen LogP contribution in [0.1, 0.15) is 12.5 Å². The van der Waals surface area contributed by atoms with Gasteiger partial charge in [0.15, 0.2) is 0 Å². The molecule has 13 heavy (non-hydrogen) atoms. The van der Waals surface area contributed by atoms with Crippen molar-refractivity contribution in [3.8, 4) is 5.75 Å². The largest absolute Gasteiger partial charge is 0.425 e. The number of ether oxygens (including phenoxy) is 1. The second-order valence-corrected chi connectivity index (χ2v) is 2.89. The number of benzene rings is 1. The molecule has 3 heteroatoms. The summed E-state index contributed by atoms with van der Waals surface area (Å²) < 4.78 is 4.84. The smallest absolute Gasteiger partial charge is 0.308 e. The van der Waals surface area contributed by atoms with Crippen molar-refractivity contribution in [3.05, 3.63) is 35.4 Å². The molecule has 0 aliphatic rings. The van der Waals surface area contributed by atoms with Crippen LogP contribution in [0.2, 0.25) is 5.02 Å². The summed E-state index contributed by atoms with van der Waals surface area (Å²) >= 11 is 5.83. The van der Waals surface area contributed by atoms with Crippen LogP contribution in [0.3, 0.4) is 0 Å². The maximum atomic E-state index is 10.6. The van der Waals surface area contributed by atoms with Gasteiger partial charge in [-0.15, -0.1) is 0 Å². The molecule has 0 aromatic heterocycles. The zero-order valence-electron chi connectivity index (χ0n) is 7.21. The molecule has 0 N–H and O–H groups in total. The lowest BCUT2D eigenvalue weighted by Gasteiger charge is -2.03. The van der Waals surface area contributed by atoms with Crippen molar-refractivity contribution in [1.82, 2.24) is 0 Å². The molecule has 0 spiro atoms. The third kappa shape index (κ3) is 2.60. The van der Waals surface area contributed by atoms with Crippen LogP contribution in [-0.2, 0) is 4.79 Å². The van der Waals surface area contributed by atoms with Gasteiger partial charge in [-0.05, 0) is 17.7 Å². The average molecular weight is 197 g/mol. The van der Waals surface area contributed by atoms with Gasteiger partial charge in [-0.2, -0.15) is 0 Å². The summed E-state index contributed by atoms with van der Waals surface area (Å²) in [6, 6.07) is 5.10. The van der Waals surface area contributed by atoms with Crippen LogP contribution in [0.25, 0.3) is 6.08 Å². The van der Waals surface area contributed by atoms with Gasteiger partial charge in [-0.3, -0.25) is 4.79 Å². The van der Waals surface area contributed by atoms with Crippen LogP contribution in [0, 0.1) is 0 Å². The van der Waals surface area contributed by atoms with E-state index in [0.29, 0.717) is 10.8 Å². The van der Waals surface area contributed by atoms with Crippen LogP contribution in [-0.4, -0.2) is 5.97 Å². The van der Waals surface area contributed by atoms with E-state index in [9.17, 15) is 4.79 Å². The second kappa shape index (κ2) is 4.10. The molecule has 1 rings (SSSR count). The molecule has 0 aliphatic carbocycles. The van der Waals surface area contributed by atoms with E-state index in [1.54, 1.807) is 24.3 Å². The van der Waals surface area contributed by atoms with Gasteiger partial charge in [0, 0.05) is 6.92 Å². The predicted molar refractivity (Wildman–Crippen MR) is 52.9 cm³/mol. The molecule has 0 radical (unpaired) electrons. The first kappa shape index (κ1) is 9.81. The molecule has 0 atom stereocenters. The van der Waals surface area contributed by atoms with Crippen LogP contribution < -0.4 is 4.74 Å². The van der Waals surface area contributed by atoms with Crippen molar-refractivity contribution in [1.29, 1.82) is 0 Å². The van der Waals surface area contributed by atoms with E-state index in [-0.39, 0.29) is 5.97 Å². The molecular formula is C10H9ClO2. The number of rotatable bonds is 2. The van der Waals surface area contributed by atoms with Crippen LogP contribution in [0.4, 0.5) is 0 Å². The number of hydrogen-bond donors (Lipinski definition) is 0. The number of carbonyl (C=O) groups is 1. The molecule has 1 aromatic rings. The number of esters is 1. The molecule has 1 aromatic carbocycles. The lowest BCUT2D eigenvalue weighted by atomic mass is 10.2. The van der Waals surface area contributed by atoms with Crippen LogP contribution in [0.5, 0.6) is 5.75 Å². The van der Waals surface area contributed by atoms with Crippen LogP contribution in [0.15, 0.2) is 24.8 Å². The van der Waals surface area contributed by atoms with E-state index in [1.165, 1.54) is 6.92 Å². The number of carbonyl (C=O) groups excluding carboxylic acids is 1. The Kier molecular flexibility index (Phi) is 3.09. The minimum absolute atomic E-state index is 0.375. The van der Waals surface area contributed by atoms with E-state index >= 15 is 0 Å². The van der Waals surface area contributed by atoms with Gasteiger partial charge < -0.3 is 4.74 Å². The van der Waals surface area contributed by atoms with E-state index < -0.39 is 0 Å². The van der Waals surface area contributed by atoms with Gasteiger partial charge >= 0.3 is 5.97 Å². The van der Waals surface area contributed by atoms with Gasteiger partial charge in [-0.1, -0.05) is 30.3 Å². The topological polar surface area (TPSA) is 26.3 Å².